The second-order valence-electron chi connectivity index (χ2n) is 4.23. The Kier molecular flexibility index (Phi) is 4.56. The van der Waals surface area contributed by atoms with Crippen LogP contribution in [0.15, 0.2) is 51.4 Å². The van der Waals surface area contributed by atoms with Crippen molar-refractivity contribution in [3.05, 3.63) is 68.1 Å². The van der Waals surface area contributed by atoms with E-state index in [9.17, 15) is 13.2 Å². The lowest BCUT2D eigenvalue weighted by Crippen LogP contribution is -2.18. The number of alkyl halides is 3. The first-order valence-corrected chi connectivity index (χ1v) is 7.26. The molecule has 0 aliphatic rings. The van der Waals surface area contributed by atoms with Crippen molar-refractivity contribution in [3.63, 3.8) is 0 Å². The Bertz CT molecular complexity index is 626. The molecule has 0 fully saturated rings. The predicted octanol–water partition coefficient (Wildman–Crippen LogP) is 5.28. The van der Waals surface area contributed by atoms with Crippen LogP contribution in [0.5, 0.6) is 0 Å². The van der Waals surface area contributed by atoms with Crippen LogP contribution in [-0.2, 0) is 6.18 Å². The van der Waals surface area contributed by atoms with Gasteiger partial charge >= 0.3 is 6.18 Å². The molecule has 2 N–H and O–H groups in total. The van der Waals surface area contributed by atoms with Crippen LogP contribution in [0.4, 0.5) is 13.2 Å². The van der Waals surface area contributed by atoms with E-state index in [2.05, 4.69) is 31.9 Å². The van der Waals surface area contributed by atoms with Gasteiger partial charge in [-0.15, -0.1) is 0 Å². The van der Waals surface area contributed by atoms with E-state index < -0.39 is 17.8 Å². The summed E-state index contributed by atoms with van der Waals surface area (Å²) >= 11 is 6.62. The molecule has 6 heteroatoms. The lowest BCUT2D eigenvalue weighted by Gasteiger charge is -2.19. The lowest BCUT2D eigenvalue weighted by atomic mass is 9.95. The van der Waals surface area contributed by atoms with Crippen LogP contribution in [0.25, 0.3) is 0 Å². The fraction of sp³-hybridized carbons (Fsp3) is 0.143. The number of benzene rings is 2. The molecule has 20 heavy (non-hydrogen) atoms. The molecule has 2 rings (SSSR count). The minimum absolute atomic E-state index is 0.0544. The first-order chi connectivity index (χ1) is 9.30. The van der Waals surface area contributed by atoms with Gasteiger partial charge in [-0.2, -0.15) is 13.2 Å². The summed E-state index contributed by atoms with van der Waals surface area (Å²) in [6.07, 6.45) is -4.42. The van der Waals surface area contributed by atoms with E-state index in [0.717, 1.165) is 10.5 Å². The Morgan fingerprint density at radius 2 is 1.60 bits per heavy atom. The minimum Gasteiger partial charge on any atom is -0.320 e. The second kappa shape index (κ2) is 5.87. The molecule has 2 aromatic carbocycles. The second-order valence-corrected chi connectivity index (χ2v) is 6.00. The summed E-state index contributed by atoms with van der Waals surface area (Å²) in [6, 6.07) is 9.74. The molecule has 0 aliphatic heterocycles. The summed E-state index contributed by atoms with van der Waals surface area (Å²) < 4.78 is 40.5. The van der Waals surface area contributed by atoms with Crippen molar-refractivity contribution >= 4 is 31.9 Å². The van der Waals surface area contributed by atoms with Crippen molar-refractivity contribution in [2.24, 2.45) is 5.73 Å². The Hall–Kier alpha value is -0.850. The first-order valence-electron chi connectivity index (χ1n) is 5.67. The van der Waals surface area contributed by atoms with Gasteiger partial charge in [0.25, 0.3) is 0 Å². The highest BCUT2D eigenvalue weighted by Gasteiger charge is 2.34. The molecule has 1 atom stereocenters. The van der Waals surface area contributed by atoms with Crippen LogP contribution in [0.1, 0.15) is 22.7 Å². The van der Waals surface area contributed by atoms with E-state index >= 15 is 0 Å². The monoisotopic (exact) mass is 407 g/mol. The van der Waals surface area contributed by atoms with Crippen molar-refractivity contribution < 1.29 is 13.2 Å². The maximum Gasteiger partial charge on any atom is 0.416 e. The van der Waals surface area contributed by atoms with Crippen LogP contribution >= 0.6 is 31.9 Å². The van der Waals surface area contributed by atoms with Gasteiger partial charge in [-0.05, 0) is 35.4 Å². The average molecular weight is 409 g/mol. The average Bonchev–Trinajstić information content (AvgIpc) is 2.40. The first kappa shape index (κ1) is 15.5. The topological polar surface area (TPSA) is 26.0 Å². The van der Waals surface area contributed by atoms with Crippen molar-refractivity contribution in [2.45, 2.75) is 12.2 Å². The molecule has 0 saturated carbocycles. The van der Waals surface area contributed by atoms with Crippen molar-refractivity contribution in [1.29, 1.82) is 0 Å². The van der Waals surface area contributed by atoms with E-state index in [4.69, 9.17) is 5.73 Å². The molecular formula is C14H10Br2F3N. The molecule has 0 radical (unpaired) electrons. The van der Waals surface area contributed by atoms with E-state index in [0.29, 0.717) is 10.0 Å². The Balaban J connectivity index is 2.54. The standard InChI is InChI=1S/C14H10Br2F3N/c15-8-5-6-12(16)10(7-8)13(20)9-3-1-2-4-11(9)14(17,18)19/h1-7,13H,20H2. The van der Waals surface area contributed by atoms with Gasteiger partial charge in [-0.1, -0.05) is 50.1 Å². The van der Waals surface area contributed by atoms with Crippen molar-refractivity contribution in [3.8, 4) is 0 Å². The highest BCUT2D eigenvalue weighted by atomic mass is 79.9. The number of hydrogen-bond donors (Lipinski definition) is 1. The van der Waals surface area contributed by atoms with E-state index in [1.54, 1.807) is 24.3 Å². The van der Waals surface area contributed by atoms with E-state index in [-0.39, 0.29) is 5.56 Å². The molecule has 1 nitrogen and oxygen atoms in total. The number of nitrogens with two attached hydrogens (primary N) is 1. The molecular weight excluding hydrogens is 399 g/mol. The zero-order valence-corrected chi connectivity index (χ0v) is 13.3. The molecule has 106 valence electrons. The Morgan fingerprint density at radius 3 is 2.25 bits per heavy atom. The Morgan fingerprint density at radius 1 is 0.950 bits per heavy atom. The third-order valence-corrected chi connectivity index (χ3v) is 4.11. The molecule has 0 aliphatic carbocycles. The molecule has 0 aromatic heterocycles. The molecule has 0 heterocycles. The van der Waals surface area contributed by atoms with Gasteiger partial charge in [0.1, 0.15) is 0 Å². The summed E-state index contributed by atoms with van der Waals surface area (Å²) in [7, 11) is 0. The SMILES string of the molecule is NC(c1cc(Br)ccc1Br)c1ccccc1C(F)(F)F. The van der Waals surface area contributed by atoms with Crippen molar-refractivity contribution in [2.75, 3.05) is 0 Å². The van der Waals surface area contributed by atoms with E-state index in [1.807, 2.05) is 0 Å². The zero-order chi connectivity index (χ0) is 14.9. The normalized spacial score (nSPS) is 13.3. The highest BCUT2D eigenvalue weighted by Crippen LogP contribution is 2.37. The summed E-state index contributed by atoms with van der Waals surface area (Å²) in [5, 5.41) is 0. The van der Waals surface area contributed by atoms with Gasteiger partial charge in [0.15, 0.2) is 0 Å². The maximum atomic E-state index is 13.0. The summed E-state index contributed by atoms with van der Waals surface area (Å²) in [5.41, 5.74) is 5.97. The molecule has 2 aromatic rings. The van der Waals surface area contributed by atoms with E-state index in [1.165, 1.54) is 12.1 Å². The Labute approximate surface area is 131 Å². The minimum atomic E-state index is -4.42. The van der Waals surface area contributed by atoms with Gasteiger partial charge in [-0.25, -0.2) is 0 Å². The molecule has 0 amide bonds. The molecule has 0 bridgehead atoms. The van der Waals surface area contributed by atoms with Gasteiger partial charge in [0.2, 0.25) is 0 Å². The van der Waals surface area contributed by atoms with Gasteiger partial charge < -0.3 is 5.73 Å². The molecule has 0 spiro atoms. The fourth-order valence-corrected chi connectivity index (χ4v) is 2.82. The quantitative estimate of drug-likeness (QED) is 0.718. The smallest absolute Gasteiger partial charge is 0.320 e. The van der Waals surface area contributed by atoms with Crippen molar-refractivity contribution in [1.82, 2.24) is 0 Å². The fourth-order valence-electron chi connectivity index (χ4n) is 1.95. The molecule has 1 unspecified atom stereocenters. The largest absolute Gasteiger partial charge is 0.416 e. The summed E-state index contributed by atoms with van der Waals surface area (Å²) in [6.45, 7) is 0. The maximum absolute atomic E-state index is 13.0. The number of hydrogen-bond acceptors (Lipinski definition) is 1. The number of halogens is 5. The third kappa shape index (κ3) is 3.24. The lowest BCUT2D eigenvalue weighted by molar-refractivity contribution is -0.138. The van der Waals surface area contributed by atoms with Crippen LogP contribution in [0.3, 0.4) is 0 Å². The summed E-state index contributed by atoms with van der Waals surface area (Å²) in [4.78, 5) is 0. The third-order valence-electron chi connectivity index (χ3n) is 2.89. The van der Waals surface area contributed by atoms with Crippen LogP contribution in [0, 0.1) is 0 Å². The summed E-state index contributed by atoms with van der Waals surface area (Å²) in [5.74, 6) is 0. The highest BCUT2D eigenvalue weighted by molar-refractivity contribution is 9.11. The van der Waals surface area contributed by atoms with Gasteiger partial charge in [-0.3, -0.25) is 0 Å². The predicted molar refractivity (Wildman–Crippen MR) is 79.3 cm³/mol. The van der Waals surface area contributed by atoms with Gasteiger partial charge in [0, 0.05) is 8.95 Å². The zero-order valence-electron chi connectivity index (χ0n) is 10.1. The van der Waals surface area contributed by atoms with Crippen LogP contribution in [0.2, 0.25) is 0 Å². The number of rotatable bonds is 2. The van der Waals surface area contributed by atoms with Crippen LogP contribution < -0.4 is 5.73 Å². The van der Waals surface area contributed by atoms with Gasteiger partial charge in [0.05, 0.1) is 11.6 Å². The molecule has 0 saturated heterocycles. The van der Waals surface area contributed by atoms with Crippen LogP contribution in [-0.4, -0.2) is 0 Å².